The number of fused-ring (bicyclic) bond motifs is 2. The van der Waals surface area contributed by atoms with Crippen LogP contribution < -0.4 is 5.32 Å². The van der Waals surface area contributed by atoms with Crippen LogP contribution in [0.25, 0.3) is 0 Å². The van der Waals surface area contributed by atoms with Gasteiger partial charge in [-0.3, -0.25) is 14.6 Å². The lowest BCUT2D eigenvalue weighted by molar-refractivity contribution is -0.121. The maximum Gasteiger partial charge on any atom is 0.253 e. The molecule has 27 heavy (non-hydrogen) atoms. The van der Waals surface area contributed by atoms with E-state index in [0.29, 0.717) is 12.0 Å². The van der Waals surface area contributed by atoms with E-state index in [1.165, 1.54) is 11.1 Å². The van der Waals surface area contributed by atoms with Gasteiger partial charge >= 0.3 is 0 Å². The molecular weight excluding hydrogens is 338 g/mol. The zero-order valence-electron chi connectivity index (χ0n) is 15.6. The van der Waals surface area contributed by atoms with Gasteiger partial charge < -0.3 is 10.2 Å². The van der Waals surface area contributed by atoms with E-state index in [1.54, 1.807) is 31.6 Å². The summed E-state index contributed by atoms with van der Waals surface area (Å²) in [6.45, 7) is 1.50. The average molecular weight is 363 g/mol. The van der Waals surface area contributed by atoms with Crippen LogP contribution in [0.5, 0.6) is 0 Å². The molecule has 2 aromatic rings. The molecule has 5 nitrogen and oxygen atoms in total. The normalized spacial score (nSPS) is 20.3. The van der Waals surface area contributed by atoms with Gasteiger partial charge in [0.15, 0.2) is 0 Å². The molecule has 4 rings (SSSR count). The number of benzene rings is 1. The molecule has 2 heterocycles. The first-order chi connectivity index (χ1) is 13.1. The van der Waals surface area contributed by atoms with Gasteiger partial charge in [0.1, 0.15) is 0 Å². The highest BCUT2D eigenvalue weighted by molar-refractivity contribution is 5.94. The van der Waals surface area contributed by atoms with Crippen LogP contribution in [-0.4, -0.2) is 41.8 Å². The number of piperidine rings is 1. The van der Waals surface area contributed by atoms with Crippen LogP contribution in [0.15, 0.2) is 48.8 Å². The molecule has 140 valence electrons. The Morgan fingerprint density at radius 2 is 1.85 bits per heavy atom. The van der Waals surface area contributed by atoms with Crippen LogP contribution in [0.1, 0.15) is 53.1 Å². The van der Waals surface area contributed by atoms with Crippen molar-refractivity contribution in [2.24, 2.45) is 0 Å². The number of nitrogens with one attached hydrogen (secondary N) is 1. The van der Waals surface area contributed by atoms with Crippen molar-refractivity contribution in [1.29, 1.82) is 0 Å². The Bertz CT molecular complexity index is 842. The third-order valence-electron chi connectivity index (χ3n) is 6.25. The number of hydrogen-bond acceptors (Lipinski definition) is 3. The van der Waals surface area contributed by atoms with Crippen molar-refractivity contribution in [2.45, 2.75) is 37.0 Å². The number of aromatic nitrogens is 1. The van der Waals surface area contributed by atoms with E-state index in [0.717, 1.165) is 32.4 Å². The number of rotatable bonds is 3. The Hall–Kier alpha value is -2.69. The Balaban J connectivity index is 1.52. The van der Waals surface area contributed by atoms with Gasteiger partial charge in [-0.2, -0.15) is 0 Å². The Labute approximate surface area is 159 Å². The predicted octanol–water partition coefficient (Wildman–Crippen LogP) is 2.88. The van der Waals surface area contributed by atoms with Crippen LogP contribution in [0.4, 0.5) is 0 Å². The molecule has 0 bridgehead atoms. The van der Waals surface area contributed by atoms with E-state index in [4.69, 9.17) is 0 Å². The topological polar surface area (TPSA) is 62.3 Å². The maximum absolute atomic E-state index is 12.7. The second-order valence-corrected chi connectivity index (χ2v) is 7.67. The Morgan fingerprint density at radius 1 is 1.15 bits per heavy atom. The van der Waals surface area contributed by atoms with Crippen molar-refractivity contribution in [3.05, 3.63) is 65.5 Å². The number of carbonyl (C=O) groups excluding carboxylic acids is 2. The quantitative estimate of drug-likeness (QED) is 0.912. The highest BCUT2D eigenvalue weighted by atomic mass is 16.2. The molecule has 5 heteroatoms. The molecule has 1 saturated heterocycles. The maximum atomic E-state index is 12.7. The summed E-state index contributed by atoms with van der Waals surface area (Å²) in [7, 11) is 1.70. The third-order valence-corrected chi connectivity index (χ3v) is 6.25. The van der Waals surface area contributed by atoms with E-state index in [2.05, 4.69) is 34.6 Å². The molecule has 0 unspecified atom stereocenters. The zero-order valence-corrected chi connectivity index (χ0v) is 15.6. The molecular formula is C22H25N3O2. The molecule has 0 saturated carbocycles. The molecule has 1 aliphatic heterocycles. The number of likely N-dealkylation sites (tertiary alicyclic amines) is 1. The lowest BCUT2D eigenvalue weighted by atomic mass is 9.73. The molecule has 2 amide bonds. The van der Waals surface area contributed by atoms with Gasteiger partial charge in [-0.1, -0.05) is 24.3 Å². The lowest BCUT2D eigenvalue weighted by Crippen LogP contribution is -2.44. The third kappa shape index (κ3) is 3.22. The van der Waals surface area contributed by atoms with E-state index in [1.807, 2.05) is 4.90 Å². The Morgan fingerprint density at radius 3 is 2.56 bits per heavy atom. The second-order valence-electron chi connectivity index (χ2n) is 7.67. The first-order valence-corrected chi connectivity index (χ1v) is 9.62. The number of pyridine rings is 1. The summed E-state index contributed by atoms with van der Waals surface area (Å²) in [5, 5.41) is 2.76. The van der Waals surface area contributed by atoms with Crippen molar-refractivity contribution < 1.29 is 9.59 Å². The number of carbonyl (C=O) groups is 2. The van der Waals surface area contributed by atoms with Crippen molar-refractivity contribution in [3.63, 3.8) is 0 Å². The van der Waals surface area contributed by atoms with Crippen LogP contribution in [-0.2, 0) is 10.2 Å². The van der Waals surface area contributed by atoms with Gasteiger partial charge in [0.05, 0.1) is 0 Å². The SMILES string of the molecule is CNC(=O)C[C@H]1CC2(CCN(C(=O)c3ccncc3)CC2)c2ccccc21. The first-order valence-electron chi connectivity index (χ1n) is 9.62. The summed E-state index contributed by atoms with van der Waals surface area (Å²) in [4.78, 5) is 30.7. The molecule has 1 aromatic carbocycles. The van der Waals surface area contributed by atoms with Crippen molar-refractivity contribution in [3.8, 4) is 0 Å². The number of amides is 2. The fourth-order valence-electron chi connectivity index (χ4n) is 4.82. The van der Waals surface area contributed by atoms with Gasteiger partial charge in [-0.25, -0.2) is 0 Å². The van der Waals surface area contributed by atoms with Crippen molar-refractivity contribution in [2.75, 3.05) is 20.1 Å². The summed E-state index contributed by atoms with van der Waals surface area (Å²) in [6.07, 6.45) is 6.76. The van der Waals surface area contributed by atoms with E-state index >= 15 is 0 Å². The smallest absolute Gasteiger partial charge is 0.253 e. The summed E-state index contributed by atoms with van der Waals surface area (Å²) < 4.78 is 0. The van der Waals surface area contributed by atoms with Crippen molar-refractivity contribution in [1.82, 2.24) is 15.2 Å². The highest BCUT2D eigenvalue weighted by Crippen LogP contribution is 2.52. The van der Waals surface area contributed by atoms with Gasteiger partial charge in [0, 0.05) is 44.5 Å². The summed E-state index contributed by atoms with van der Waals surface area (Å²) in [6, 6.07) is 12.1. The van der Waals surface area contributed by atoms with E-state index < -0.39 is 0 Å². The van der Waals surface area contributed by atoms with Crippen LogP contribution >= 0.6 is 0 Å². The van der Waals surface area contributed by atoms with Gasteiger partial charge in [-0.05, 0) is 53.9 Å². The fraction of sp³-hybridized carbons (Fsp3) is 0.409. The minimum atomic E-state index is 0.0837. The first kappa shape index (κ1) is 17.7. The van der Waals surface area contributed by atoms with Crippen LogP contribution in [0.3, 0.4) is 0 Å². The molecule has 1 N–H and O–H groups in total. The summed E-state index contributed by atoms with van der Waals surface area (Å²) >= 11 is 0. The predicted molar refractivity (Wildman–Crippen MR) is 104 cm³/mol. The fourth-order valence-corrected chi connectivity index (χ4v) is 4.82. The number of nitrogens with zero attached hydrogens (tertiary/aromatic N) is 2. The number of hydrogen-bond donors (Lipinski definition) is 1. The highest BCUT2D eigenvalue weighted by Gasteiger charge is 2.46. The summed E-state index contributed by atoms with van der Waals surface area (Å²) in [5.41, 5.74) is 3.49. The van der Waals surface area contributed by atoms with Gasteiger partial charge in [-0.15, -0.1) is 0 Å². The average Bonchev–Trinajstić information content (AvgIpc) is 3.02. The molecule has 1 fully saturated rings. The second kappa shape index (κ2) is 7.14. The molecule has 0 radical (unpaired) electrons. The van der Waals surface area contributed by atoms with E-state index in [-0.39, 0.29) is 23.1 Å². The van der Waals surface area contributed by atoms with Gasteiger partial charge in [0.25, 0.3) is 5.91 Å². The standard InChI is InChI=1S/C22H25N3O2/c1-23-20(26)14-17-15-22(19-5-3-2-4-18(17)19)8-12-25(13-9-22)21(27)16-6-10-24-11-7-16/h2-7,10-11,17H,8-9,12-15H2,1H3,(H,23,26)/t17-/m0/s1. The zero-order chi connectivity index (χ0) is 18.9. The molecule has 1 aromatic heterocycles. The molecule has 1 atom stereocenters. The molecule has 1 aliphatic carbocycles. The van der Waals surface area contributed by atoms with Crippen molar-refractivity contribution >= 4 is 11.8 Å². The molecule has 1 spiro atoms. The monoisotopic (exact) mass is 363 g/mol. The largest absolute Gasteiger partial charge is 0.359 e. The van der Waals surface area contributed by atoms with Crippen LogP contribution in [0.2, 0.25) is 0 Å². The molecule has 2 aliphatic rings. The van der Waals surface area contributed by atoms with Crippen LogP contribution in [0, 0.1) is 0 Å². The lowest BCUT2D eigenvalue weighted by Gasteiger charge is -2.40. The minimum absolute atomic E-state index is 0.0837. The van der Waals surface area contributed by atoms with E-state index in [9.17, 15) is 9.59 Å². The van der Waals surface area contributed by atoms with Gasteiger partial charge in [0.2, 0.25) is 5.91 Å². The Kier molecular flexibility index (Phi) is 4.68. The minimum Gasteiger partial charge on any atom is -0.359 e. The summed E-state index contributed by atoms with van der Waals surface area (Å²) in [5.74, 6) is 0.446.